The summed E-state index contributed by atoms with van der Waals surface area (Å²) in [5.41, 5.74) is 2.63. The van der Waals surface area contributed by atoms with Crippen molar-refractivity contribution in [3.8, 4) is 0 Å². The van der Waals surface area contributed by atoms with Crippen molar-refractivity contribution < 1.29 is 13.9 Å². The Hall–Kier alpha value is -1.35. The highest BCUT2D eigenvalue weighted by Gasteiger charge is 2.56. The number of ether oxygens (including phenoxy) is 1. The van der Waals surface area contributed by atoms with E-state index in [1.807, 2.05) is 13.8 Å². The molecule has 0 spiro atoms. The molecule has 2 aliphatic rings. The first kappa shape index (κ1) is 11.7. The third-order valence-electron chi connectivity index (χ3n) is 3.99. The maximum atomic E-state index is 12.5. The molecule has 1 aromatic rings. The predicted molar refractivity (Wildman–Crippen MR) is 67.7 cm³/mol. The molecule has 1 aromatic heterocycles. The van der Waals surface area contributed by atoms with Crippen molar-refractivity contribution in [2.24, 2.45) is 0 Å². The van der Waals surface area contributed by atoms with Crippen molar-refractivity contribution in [3.63, 3.8) is 0 Å². The number of fused-ring (bicyclic) bond motifs is 2. The fourth-order valence-corrected chi connectivity index (χ4v) is 2.78. The van der Waals surface area contributed by atoms with Gasteiger partial charge >= 0.3 is 0 Å². The van der Waals surface area contributed by atoms with E-state index in [1.54, 1.807) is 6.26 Å². The van der Waals surface area contributed by atoms with E-state index in [0.29, 0.717) is 0 Å². The number of aryl methyl sites for hydroxylation is 1. The number of furan rings is 1. The number of carbonyl (C=O) groups excluding carboxylic acids is 1. The summed E-state index contributed by atoms with van der Waals surface area (Å²) in [6.45, 7) is 6.03. The van der Waals surface area contributed by atoms with Gasteiger partial charge in [-0.3, -0.25) is 4.79 Å². The van der Waals surface area contributed by atoms with Crippen LogP contribution in [0.2, 0.25) is 0 Å². The molecule has 1 saturated heterocycles. The first-order chi connectivity index (χ1) is 8.51. The molecule has 2 atom stereocenters. The minimum Gasteiger partial charge on any atom is -0.468 e. The number of epoxide rings is 1. The quantitative estimate of drug-likeness (QED) is 0.521. The molecule has 0 N–H and O–H groups in total. The normalized spacial score (nSPS) is 34.3. The van der Waals surface area contributed by atoms with Crippen LogP contribution in [-0.4, -0.2) is 17.5 Å². The van der Waals surface area contributed by atoms with Gasteiger partial charge in [-0.25, -0.2) is 0 Å². The summed E-state index contributed by atoms with van der Waals surface area (Å²) in [6.07, 6.45) is 6.21. The fourth-order valence-electron chi connectivity index (χ4n) is 2.78. The van der Waals surface area contributed by atoms with E-state index in [0.717, 1.165) is 36.1 Å². The lowest BCUT2D eigenvalue weighted by molar-refractivity contribution is 0.0951. The van der Waals surface area contributed by atoms with Crippen LogP contribution in [0.3, 0.4) is 0 Å². The Morgan fingerprint density at radius 2 is 2.17 bits per heavy atom. The molecule has 3 heteroatoms. The summed E-state index contributed by atoms with van der Waals surface area (Å²) in [5.74, 6) is 0.874. The van der Waals surface area contributed by atoms with Gasteiger partial charge in [0, 0.05) is 6.42 Å². The van der Waals surface area contributed by atoms with Gasteiger partial charge in [-0.2, -0.15) is 0 Å². The van der Waals surface area contributed by atoms with Crippen LogP contribution in [0.4, 0.5) is 0 Å². The van der Waals surface area contributed by atoms with Crippen LogP contribution in [0.15, 0.2) is 22.3 Å². The molecule has 18 heavy (non-hydrogen) atoms. The van der Waals surface area contributed by atoms with Crippen molar-refractivity contribution in [1.29, 1.82) is 0 Å². The number of carbonyl (C=O) groups is 1. The lowest BCUT2D eigenvalue weighted by Gasteiger charge is -2.08. The molecule has 2 heterocycles. The minimum absolute atomic E-state index is 0.0912. The van der Waals surface area contributed by atoms with E-state index >= 15 is 0 Å². The van der Waals surface area contributed by atoms with Crippen LogP contribution in [-0.2, 0) is 11.2 Å². The molecule has 1 aliphatic heterocycles. The largest absolute Gasteiger partial charge is 0.468 e. The maximum Gasteiger partial charge on any atom is 0.198 e. The maximum absolute atomic E-state index is 12.5. The minimum atomic E-state index is -0.278. The molecule has 0 amide bonds. The lowest BCUT2D eigenvalue weighted by Crippen LogP contribution is -2.20. The number of hydrogen-bond donors (Lipinski definition) is 0. The number of ketones is 1. The van der Waals surface area contributed by atoms with Gasteiger partial charge in [-0.1, -0.05) is 11.6 Å². The zero-order valence-corrected chi connectivity index (χ0v) is 11.1. The Morgan fingerprint density at radius 1 is 1.39 bits per heavy atom. The summed E-state index contributed by atoms with van der Waals surface area (Å²) in [4.78, 5) is 12.5. The molecule has 0 aromatic carbocycles. The molecule has 96 valence electrons. The SMILES string of the molecule is C/C1=C\CC[C@@]2(C)OC2C(=O)c2c(C)coc2C1. The number of Topliss-reactive ketones (excluding diaryl/α,β-unsaturated/α-hetero) is 1. The zero-order valence-electron chi connectivity index (χ0n) is 11.1. The second-order valence-corrected chi connectivity index (χ2v) is 5.66. The van der Waals surface area contributed by atoms with Crippen LogP contribution < -0.4 is 0 Å². The molecule has 0 saturated carbocycles. The van der Waals surface area contributed by atoms with Gasteiger partial charge in [-0.15, -0.1) is 0 Å². The molecule has 0 bridgehead atoms. The summed E-state index contributed by atoms with van der Waals surface area (Å²) in [6, 6.07) is 0. The Kier molecular flexibility index (Phi) is 2.49. The predicted octanol–water partition coefficient (Wildman–Crippen LogP) is 3.21. The fraction of sp³-hybridized carbons (Fsp3) is 0.533. The number of hydrogen-bond acceptors (Lipinski definition) is 3. The van der Waals surface area contributed by atoms with Crippen molar-refractivity contribution in [3.05, 3.63) is 34.8 Å². The molecule has 1 aliphatic carbocycles. The Bertz CT molecular complexity index is 538. The highest BCUT2D eigenvalue weighted by molar-refractivity contribution is 6.04. The van der Waals surface area contributed by atoms with Crippen molar-refractivity contribution in [1.82, 2.24) is 0 Å². The van der Waals surface area contributed by atoms with Gasteiger partial charge in [0.05, 0.1) is 11.8 Å². The third kappa shape index (κ3) is 1.74. The van der Waals surface area contributed by atoms with Gasteiger partial charge in [0.1, 0.15) is 17.5 Å². The molecular weight excluding hydrogens is 228 g/mol. The monoisotopic (exact) mass is 246 g/mol. The smallest absolute Gasteiger partial charge is 0.198 e. The molecular formula is C15H18O3. The van der Waals surface area contributed by atoms with Gasteiger partial charge in [0.25, 0.3) is 0 Å². The Morgan fingerprint density at radius 3 is 2.94 bits per heavy atom. The first-order valence-corrected chi connectivity index (χ1v) is 6.46. The van der Waals surface area contributed by atoms with Gasteiger partial charge in [0.15, 0.2) is 5.78 Å². The van der Waals surface area contributed by atoms with Crippen molar-refractivity contribution in [2.45, 2.75) is 51.7 Å². The van der Waals surface area contributed by atoms with Gasteiger partial charge < -0.3 is 9.15 Å². The Labute approximate surface area is 107 Å². The summed E-state index contributed by atoms with van der Waals surface area (Å²) < 4.78 is 11.2. The molecule has 1 fully saturated rings. The second-order valence-electron chi connectivity index (χ2n) is 5.66. The highest BCUT2D eigenvalue weighted by Crippen LogP contribution is 2.43. The summed E-state index contributed by atoms with van der Waals surface area (Å²) in [7, 11) is 0. The van der Waals surface area contributed by atoms with E-state index in [1.165, 1.54) is 5.57 Å². The van der Waals surface area contributed by atoms with Crippen molar-refractivity contribution in [2.75, 3.05) is 0 Å². The number of rotatable bonds is 0. The van der Waals surface area contributed by atoms with Crippen LogP contribution in [0, 0.1) is 6.92 Å². The Balaban J connectivity index is 2.05. The summed E-state index contributed by atoms with van der Waals surface area (Å²) >= 11 is 0. The molecule has 3 rings (SSSR count). The second kappa shape index (κ2) is 3.82. The average molecular weight is 246 g/mol. The lowest BCUT2D eigenvalue weighted by atomic mass is 9.91. The first-order valence-electron chi connectivity index (χ1n) is 6.46. The zero-order chi connectivity index (χ0) is 12.9. The van der Waals surface area contributed by atoms with E-state index in [4.69, 9.17) is 9.15 Å². The highest BCUT2D eigenvalue weighted by atomic mass is 16.6. The van der Waals surface area contributed by atoms with E-state index in [-0.39, 0.29) is 17.5 Å². The van der Waals surface area contributed by atoms with E-state index in [2.05, 4.69) is 13.0 Å². The van der Waals surface area contributed by atoms with Gasteiger partial charge in [-0.05, 0) is 39.2 Å². The van der Waals surface area contributed by atoms with Crippen LogP contribution in [0.25, 0.3) is 0 Å². The van der Waals surface area contributed by atoms with E-state index < -0.39 is 0 Å². The molecule has 1 unspecified atom stereocenters. The van der Waals surface area contributed by atoms with Crippen molar-refractivity contribution >= 4 is 5.78 Å². The number of allylic oxidation sites excluding steroid dienone is 2. The van der Waals surface area contributed by atoms with Crippen LogP contribution >= 0.6 is 0 Å². The summed E-state index contributed by atoms with van der Waals surface area (Å²) in [5, 5.41) is 0. The molecule has 0 radical (unpaired) electrons. The van der Waals surface area contributed by atoms with E-state index in [9.17, 15) is 4.79 Å². The molecule has 3 nitrogen and oxygen atoms in total. The average Bonchev–Trinajstić information content (AvgIpc) is 2.84. The van der Waals surface area contributed by atoms with Gasteiger partial charge in [0.2, 0.25) is 0 Å². The van der Waals surface area contributed by atoms with Crippen LogP contribution in [0.1, 0.15) is 48.4 Å². The van der Waals surface area contributed by atoms with Crippen LogP contribution in [0.5, 0.6) is 0 Å². The topological polar surface area (TPSA) is 42.7 Å². The third-order valence-corrected chi connectivity index (χ3v) is 3.99. The standard InChI is InChI=1S/C15H18O3/c1-9-5-4-6-15(3)14(18-15)13(16)12-10(2)8-17-11(12)7-9/h5,8,14H,4,6-7H2,1-3H3/b9-5+/t14?,15-/m1/s1.